The third-order valence-electron chi connectivity index (χ3n) is 5.10. The molecule has 0 aromatic carbocycles. The molecule has 3 saturated carbocycles. The highest BCUT2D eigenvalue weighted by molar-refractivity contribution is 5.20. The third kappa shape index (κ3) is 0.625. The molecule has 0 N–H and O–H groups in total. The second kappa shape index (κ2) is 2.08. The van der Waals surface area contributed by atoms with E-state index in [0.717, 1.165) is 23.2 Å². The van der Waals surface area contributed by atoms with Crippen LogP contribution in [-0.2, 0) is 0 Å². The standard InChI is InChI=1S/C12H20/c1-8(2)11-10-6-5-9-4-3-7-12(9,10)11/h8-11H,3-7H2,1-2H3. The van der Waals surface area contributed by atoms with Crippen molar-refractivity contribution < 1.29 is 0 Å². The molecule has 0 amide bonds. The van der Waals surface area contributed by atoms with Crippen LogP contribution in [-0.4, -0.2) is 0 Å². The molecule has 0 radical (unpaired) electrons. The van der Waals surface area contributed by atoms with Crippen molar-refractivity contribution in [3.05, 3.63) is 0 Å². The molecule has 0 aromatic heterocycles. The van der Waals surface area contributed by atoms with Crippen LogP contribution in [0.2, 0.25) is 0 Å². The van der Waals surface area contributed by atoms with Crippen LogP contribution in [0.3, 0.4) is 0 Å². The molecule has 3 rings (SSSR count). The molecule has 0 heterocycles. The highest BCUT2D eigenvalue weighted by Crippen LogP contribution is 2.78. The van der Waals surface area contributed by atoms with Gasteiger partial charge in [0, 0.05) is 0 Å². The van der Waals surface area contributed by atoms with Crippen molar-refractivity contribution in [1.29, 1.82) is 0 Å². The molecule has 0 nitrogen and oxygen atoms in total. The van der Waals surface area contributed by atoms with Crippen molar-refractivity contribution in [2.75, 3.05) is 0 Å². The fourth-order valence-corrected chi connectivity index (χ4v) is 4.96. The quantitative estimate of drug-likeness (QED) is 0.556. The summed E-state index contributed by atoms with van der Waals surface area (Å²) in [7, 11) is 0. The first-order valence-electron chi connectivity index (χ1n) is 5.77. The van der Waals surface area contributed by atoms with Crippen LogP contribution in [0.5, 0.6) is 0 Å². The molecular formula is C12H20. The third-order valence-corrected chi connectivity index (χ3v) is 5.10. The molecule has 3 fully saturated rings. The van der Waals surface area contributed by atoms with E-state index in [1.165, 1.54) is 5.92 Å². The Bertz CT molecular complexity index is 204. The molecule has 0 aliphatic heterocycles. The van der Waals surface area contributed by atoms with Gasteiger partial charge in [-0.15, -0.1) is 0 Å². The lowest BCUT2D eigenvalue weighted by molar-refractivity contribution is 0.305. The Hall–Kier alpha value is 0. The summed E-state index contributed by atoms with van der Waals surface area (Å²) in [4.78, 5) is 0. The zero-order valence-corrected chi connectivity index (χ0v) is 8.34. The average Bonchev–Trinajstić information content (AvgIpc) is 2.39. The molecule has 4 unspecified atom stereocenters. The number of hydrogen-bond donors (Lipinski definition) is 0. The molecule has 12 heavy (non-hydrogen) atoms. The van der Waals surface area contributed by atoms with Gasteiger partial charge in [0.1, 0.15) is 0 Å². The van der Waals surface area contributed by atoms with E-state index in [2.05, 4.69) is 13.8 Å². The zero-order chi connectivity index (χ0) is 8.34. The van der Waals surface area contributed by atoms with E-state index in [-0.39, 0.29) is 0 Å². The predicted octanol–water partition coefficient (Wildman–Crippen LogP) is 3.47. The number of rotatable bonds is 1. The summed E-state index contributed by atoms with van der Waals surface area (Å²) in [5.41, 5.74) is 0.911. The largest absolute Gasteiger partial charge is 0.0625 e. The van der Waals surface area contributed by atoms with Gasteiger partial charge in [0.2, 0.25) is 0 Å². The molecule has 1 spiro atoms. The Balaban J connectivity index is 1.89. The first-order valence-corrected chi connectivity index (χ1v) is 5.77. The van der Waals surface area contributed by atoms with E-state index in [9.17, 15) is 0 Å². The summed E-state index contributed by atoms with van der Waals surface area (Å²) >= 11 is 0. The van der Waals surface area contributed by atoms with Crippen LogP contribution < -0.4 is 0 Å². The summed E-state index contributed by atoms with van der Waals surface area (Å²) in [5.74, 6) is 4.44. The lowest BCUT2D eigenvalue weighted by Crippen LogP contribution is -2.11. The lowest BCUT2D eigenvalue weighted by atomic mass is 9.87. The van der Waals surface area contributed by atoms with Gasteiger partial charge in [-0.3, -0.25) is 0 Å². The molecule has 0 bridgehead atoms. The zero-order valence-electron chi connectivity index (χ0n) is 8.34. The van der Waals surface area contributed by atoms with Crippen LogP contribution in [0.1, 0.15) is 46.0 Å². The van der Waals surface area contributed by atoms with E-state index in [1.54, 1.807) is 32.1 Å². The van der Waals surface area contributed by atoms with Gasteiger partial charge in [-0.1, -0.05) is 20.3 Å². The van der Waals surface area contributed by atoms with E-state index in [0.29, 0.717) is 0 Å². The fourth-order valence-electron chi connectivity index (χ4n) is 4.96. The Morgan fingerprint density at radius 2 is 2.00 bits per heavy atom. The Morgan fingerprint density at radius 3 is 2.67 bits per heavy atom. The van der Waals surface area contributed by atoms with Crippen LogP contribution in [0.25, 0.3) is 0 Å². The predicted molar refractivity (Wildman–Crippen MR) is 50.8 cm³/mol. The second-order valence-electron chi connectivity index (χ2n) is 5.66. The van der Waals surface area contributed by atoms with Gasteiger partial charge in [0.05, 0.1) is 0 Å². The Morgan fingerprint density at radius 1 is 1.17 bits per heavy atom. The van der Waals surface area contributed by atoms with Gasteiger partial charge < -0.3 is 0 Å². The van der Waals surface area contributed by atoms with Crippen LogP contribution in [0, 0.1) is 29.1 Å². The normalized spacial score (nSPS) is 55.8. The van der Waals surface area contributed by atoms with E-state index >= 15 is 0 Å². The maximum atomic E-state index is 2.44. The van der Waals surface area contributed by atoms with Crippen molar-refractivity contribution in [3.8, 4) is 0 Å². The van der Waals surface area contributed by atoms with Crippen molar-refractivity contribution >= 4 is 0 Å². The molecule has 4 atom stereocenters. The summed E-state index contributed by atoms with van der Waals surface area (Å²) in [6, 6.07) is 0. The molecule has 3 aliphatic rings. The Labute approximate surface area is 75.7 Å². The molecule has 3 aliphatic carbocycles. The van der Waals surface area contributed by atoms with Crippen LogP contribution in [0.15, 0.2) is 0 Å². The summed E-state index contributed by atoms with van der Waals surface area (Å²) < 4.78 is 0. The summed E-state index contributed by atoms with van der Waals surface area (Å²) in [6.07, 6.45) is 7.86. The molecule has 0 aromatic rings. The van der Waals surface area contributed by atoms with Gasteiger partial charge in [0.15, 0.2) is 0 Å². The van der Waals surface area contributed by atoms with Gasteiger partial charge in [-0.25, -0.2) is 0 Å². The van der Waals surface area contributed by atoms with Gasteiger partial charge >= 0.3 is 0 Å². The second-order valence-corrected chi connectivity index (χ2v) is 5.66. The Kier molecular flexibility index (Phi) is 1.28. The first-order chi connectivity index (χ1) is 5.77. The van der Waals surface area contributed by atoms with Crippen LogP contribution in [0.4, 0.5) is 0 Å². The highest BCUT2D eigenvalue weighted by Gasteiger charge is 2.71. The van der Waals surface area contributed by atoms with Crippen molar-refractivity contribution in [2.24, 2.45) is 29.1 Å². The average molecular weight is 164 g/mol. The highest BCUT2D eigenvalue weighted by atomic mass is 14.8. The van der Waals surface area contributed by atoms with E-state index in [1.807, 2.05) is 0 Å². The van der Waals surface area contributed by atoms with Gasteiger partial charge in [0.25, 0.3) is 0 Å². The fraction of sp³-hybridized carbons (Fsp3) is 1.00. The SMILES string of the molecule is CC(C)C1C2CCC3CCCC321. The summed E-state index contributed by atoms with van der Waals surface area (Å²) in [5, 5.41) is 0. The molecule has 68 valence electrons. The topological polar surface area (TPSA) is 0 Å². The van der Waals surface area contributed by atoms with Gasteiger partial charge in [-0.05, 0) is 54.8 Å². The van der Waals surface area contributed by atoms with Gasteiger partial charge in [-0.2, -0.15) is 0 Å². The van der Waals surface area contributed by atoms with E-state index < -0.39 is 0 Å². The minimum Gasteiger partial charge on any atom is -0.0625 e. The van der Waals surface area contributed by atoms with Crippen molar-refractivity contribution in [3.63, 3.8) is 0 Å². The van der Waals surface area contributed by atoms with E-state index in [4.69, 9.17) is 0 Å². The van der Waals surface area contributed by atoms with Crippen LogP contribution >= 0.6 is 0 Å². The molecular weight excluding hydrogens is 144 g/mol. The smallest absolute Gasteiger partial charge is 0.0204 e. The molecule has 0 heteroatoms. The maximum absolute atomic E-state index is 2.44. The number of hydrogen-bond acceptors (Lipinski definition) is 0. The monoisotopic (exact) mass is 164 g/mol. The first kappa shape index (κ1) is 7.41. The van der Waals surface area contributed by atoms with Crippen molar-refractivity contribution in [1.82, 2.24) is 0 Å². The maximum Gasteiger partial charge on any atom is -0.0204 e. The minimum atomic E-state index is 0.911. The lowest BCUT2D eigenvalue weighted by Gasteiger charge is -2.18. The minimum absolute atomic E-state index is 0.911. The summed E-state index contributed by atoms with van der Waals surface area (Å²) in [6.45, 7) is 4.88. The molecule has 0 saturated heterocycles. The van der Waals surface area contributed by atoms with Crippen molar-refractivity contribution in [2.45, 2.75) is 46.0 Å².